The van der Waals surface area contributed by atoms with E-state index in [9.17, 15) is 86.2 Å². The topological polar surface area (TPSA) is 423 Å². The SMILES string of the molecule is O=S(=O)(O)c1cc2c(cc1S(=O)(=O)O)-c1cc3[nH]c(cc4nc(cc5[nH]c(cc-2n1)c1ccc(S(=O)(=O)n2cccc2)cc51)-c1cc(S(=O)(=O)O)c(S(=O)(=O)O)cc1-4)c1cc(S(=O)(=O)O)c(S(=O)(=O)O)cc31. The first kappa shape index (κ1) is 48.8. The first-order valence-corrected chi connectivity index (χ1v) is 29.5. The Bertz CT molecular complexity index is 4860. The third-order valence-corrected chi connectivity index (χ3v) is 18.9. The highest BCUT2D eigenvalue weighted by molar-refractivity contribution is 7.90. The van der Waals surface area contributed by atoms with Crippen molar-refractivity contribution in [2.45, 2.75) is 34.3 Å². The molecule has 0 fully saturated rings. The van der Waals surface area contributed by atoms with Gasteiger partial charge in [0.25, 0.3) is 70.7 Å². The van der Waals surface area contributed by atoms with Crippen molar-refractivity contribution in [2.75, 3.05) is 0 Å². The molecule has 8 bridgehead atoms. The maximum Gasteiger partial charge on any atom is 0.295 e. The minimum atomic E-state index is -5.53. The molecule has 0 saturated heterocycles. The number of hydrogen-bond acceptors (Lipinski definition) is 16. The Morgan fingerprint density at radius 1 is 0.347 bits per heavy atom. The summed E-state index contributed by atoms with van der Waals surface area (Å²) in [5, 5.41) is -0.392. The zero-order valence-corrected chi connectivity index (χ0v) is 40.6. The van der Waals surface area contributed by atoms with Crippen LogP contribution in [0.5, 0.6) is 0 Å². The van der Waals surface area contributed by atoms with Crippen LogP contribution < -0.4 is 0 Å². The quantitative estimate of drug-likeness (QED) is 0.0946. The lowest BCUT2D eigenvalue weighted by atomic mass is 10.0. The molecule has 6 heterocycles. The molecule has 32 heteroatoms. The highest BCUT2D eigenvalue weighted by atomic mass is 32.2. The summed E-state index contributed by atoms with van der Waals surface area (Å²) in [6.07, 6.45) is 2.51. The van der Waals surface area contributed by atoms with Gasteiger partial charge in [0.2, 0.25) is 0 Å². The molecule has 0 aliphatic carbocycles. The van der Waals surface area contributed by atoms with Gasteiger partial charge in [0.1, 0.15) is 29.4 Å². The lowest BCUT2D eigenvalue weighted by molar-refractivity contribution is 0.466. The van der Waals surface area contributed by atoms with Gasteiger partial charge in [0.15, 0.2) is 0 Å². The van der Waals surface area contributed by atoms with Crippen LogP contribution in [0.2, 0.25) is 0 Å². The summed E-state index contributed by atoms with van der Waals surface area (Å²) in [4.78, 5) is 6.71. The smallest absolute Gasteiger partial charge is 0.295 e. The van der Waals surface area contributed by atoms with Crippen LogP contribution in [-0.4, -0.2) is 110 Å². The number of benzene rings is 4. The van der Waals surface area contributed by atoms with E-state index < -0.39 is 100 Å². The lowest BCUT2D eigenvalue weighted by Gasteiger charge is -2.08. The molecule has 2 aliphatic heterocycles. The van der Waals surface area contributed by atoms with Gasteiger partial charge in [-0.25, -0.2) is 22.4 Å². The standard InChI is InChI=1S/C40H25N5O20S7/c46-66(47,45-5-1-2-6-45)18-3-4-19-20(7-18)28-15-30-23-10-37(69(54,55)56)38(70(57,58)59)11-24(23)32(43-30)17-34-26-13-40(72(63,64)65)39(71(60,61)62)12-25(26)33(44-34)16-31-22-9-36(68(51,52)53)35(67(48,49)50)8-21(22)29(42-31)14-27(19)41-28/h1-17,41,44H,(H,48,49,50)(H,51,52,53)(H,54,55,56)(H,57,58,59)(H,60,61,62)(H,63,64,65). The van der Waals surface area contributed by atoms with Crippen molar-refractivity contribution in [3.05, 3.63) is 103 Å². The van der Waals surface area contributed by atoms with E-state index in [4.69, 9.17) is 0 Å². The Balaban J connectivity index is 1.46. The highest BCUT2D eigenvalue weighted by Crippen LogP contribution is 2.45. The van der Waals surface area contributed by atoms with Gasteiger partial charge in [-0.1, -0.05) is 6.07 Å². The Hall–Kier alpha value is -6.79. The molecule has 2 aliphatic rings. The minimum Gasteiger partial charge on any atom is -0.354 e. The van der Waals surface area contributed by atoms with E-state index in [1.165, 1.54) is 54.9 Å². The van der Waals surface area contributed by atoms with Crippen molar-refractivity contribution in [1.82, 2.24) is 23.9 Å². The van der Waals surface area contributed by atoms with Gasteiger partial charge < -0.3 is 9.97 Å². The van der Waals surface area contributed by atoms with Crippen molar-refractivity contribution < 1.29 is 86.2 Å². The van der Waals surface area contributed by atoms with Crippen LogP contribution in [0.25, 0.3) is 88.6 Å². The predicted octanol–water partition coefficient (Wildman–Crippen LogP) is 4.81. The van der Waals surface area contributed by atoms with Gasteiger partial charge >= 0.3 is 0 Å². The molecule has 0 saturated carbocycles. The van der Waals surface area contributed by atoms with E-state index in [-0.39, 0.29) is 93.5 Å². The van der Waals surface area contributed by atoms with Crippen LogP contribution in [0.3, 0.4) is 0 Å². The Morgan fingerprint density at radius 3 is 0.931 bits per heavy atom. The van der Waals surface area contributed by atoms with E-state index >= 15 is 0 Å². The lowest BCUT2D eigenvalue weighted by Crippen LogP contribution is -2.10. The minimum absolute atomic E-state index is 0.0320. The molecule has 72 heavy (non-hydrogen) atoms. The summed E-state index contributed by atoms with van der Waals surface area (Å²) in [6, 6.07) is 15.1. The van der Waals surface area contributed by atoms with Gasteiger partial charge in [-0.2, -0.15) is 50.5 Å². The average Bonchev–Trinajstić information content (AvgIpc) is 4.10. The molecule has 0 radical (unpaired) electrons. The maximum atomic E-state index is 13.8. The monoisotopic (exact) mass is 1120 g/mol. The first-order valence-electron chi connectivity index (χ1n) is 19.5. The van der Waals surface area contributed by atoms with Crippen LogP contribution in [-0.2, 0) is 70.7 Å². The van der Waals surface area contributed by atoms with Crippen LogP contribution in [0.15, 0.2) is 138 Å². The van der Waals surface area contributed by atoms with Crippen LogP contribution in [0.4, 0.5) is 0 Å². The number of nitrogens with zero attached hydrogens (tertiary/aromatic N) is 3. The Morgan fingerprint density at radius 2 is 0.625 bits per heavy atom. The van der Waals surface area contributed by atoms with Gasteiger partial charge in [-0.3, -0.25) is 27.3 Å². The molecule has 0 amide bonds. The number of hydrogen-bond donors (Lipinski definition) is 8. The average molecular weight is 1120 g/mol. The molecule has 4 aromatic heterocycles. The Kier molecular flexibility index (Phi) is 10.6. The van der Waals surface area contributed by atoms with Gasteiger partial charge in [-0.15, -0.1) is 0 Å². The molecule has 0 atom stereocenters. The van der Waals surface area contributed by atoms with Gasteiger partial charge in [0, 0.05) is 78.3 Å². The largest absolute Gasteiger partial charge is 0.354 e. The molecule has 4 aromatic carbocycles. The molecule has 25 nitrogen and oxygen atoms in total. The van der Waals surface area contributed by atoms with E-state index in [0.29, 0.717) is 36.4 Å². The van der Waals surface area contributed by atoms with E-state index in [0.717, 1.165) is 16.1 Å². The molecular formula is C40H25N5O20S7. The second-order valence-corrected chi connectivity index (χ2v) is 26.0. The molecule has 8 aromatic rings. The second-order valence-electron chi connectivity index (χ2n) is 15.9. The second kappa shape index (κ2) is 15.6. The van der Waals surface area contributed by atoms with Gasteiger partial charge in [0.05, 0.1) is 27.7 Å². The van der Waals surface area contributed by atoms with Crippen LogP contribution in [0, 0.1) is 0 Å². The van der Waals surface area contributed by atoms with Crippen molar-refractivity contribution in [1.29, 1.82) is 0 Å². The number of aromatic amines is 2. The van der Waals surface area contributed by atoms with Crippen molar-refractivity contribution in [3.63, 3.8) is 0 Å². The first-order chi connectivity index (χ1) is 33.2. The fourth-order valence-corrected chi connectivity index (χ4v) is 15.0. The summed E-state index contributed by atoms with van der Waals surface area (Å²) in [5.74, 6) is 0. The van der Waals surface area contributed by atoms with Crippen molar-refractivity contribution >= 4 is 114 Å². The fourth-order valence-electron chi connectivity index (χ4n) is 8.43. The summed E-state index contributed by atoms with van der Waals surface area (Å²) >= 11 is 0. The zero-order valence-electron chi connectivity index (χ0n) is 34.9. The summed E-state index contributed by atoms with van der Waals surface area (Å²) in [7, 11) is -37.3. The molecule has 372 valence electrons. The predicted molar refractivity (Wildman–Crippen MR) is 251 cm³/mol. The molecule has 10 rings (SSSR count). The summed E-state index contributed by atoms with van der Waals surface area (Å²) in [6.45, 7) is 0. The number of rotatable bonds is 8. The van der Waals surface area contributed by atoms with Crippen molar-refractivity contribution in [2.24, 2.45) is 0 Å². The van der Waals surface area contributed by atoms with Crippen LogP contribution in [0.1, 0.15) is 0 Å². The number of H-pyrrole nitrogens is 2. The number of nitrogens with one attached hydrogen (secondary N) is 2. The highest BCUT2D eigenvalue weighted by Gasteiger charge is 2.33. The third-order valence-electron chi connectivity index (χ3n) is 11.5. The van der Waals surface area contributed by atoms with E-state index in [1.54, 1.807) is 0 Å². The summed E-state index contributed by atoms with van der Waals surface area (Å²) in [5.41, 5.74) is -2.87. The Labute approximate surface area is 404 Å². The van der Waals surface area contributed by atoms with Crippen molar-refractivity contribution in [3.8, 4) is 45.0 Å². The molecule has 0 unspecified atom stereocenters. The maximum absolute atomic E-state index is 13.8. The molecule has 8 N–H and O–H groups in total. The third kappa shape index (κ3) is 8.15. The molecule has 0 spiro atoms. The summed E-state index contributed by atoms with van der Waals surface area (Å²) < 4.78 is 242. The van der Waals surface area contributed by atoms with Gasteiger partial charge in [-0.05, 0) is 84.9 Å². The molecular weight excluding hydrogens is 1090 g/mol. The number of fused-ring (bicyclic) bond motifs is 20. The number of aromatic nitrogens is 5. The van der Waals surface area contributed by atoms with Crippen LogP contribution >= 0.6 is 0 Å². The zero-order chi connectivity index (χ0) is 52.2. The normalized spacial score (nSPS) is 13.6. The van der Waals surface area contributed by atoms with E-state index in [1.807, 2.05) is 0 Å². The van der Waals surface area contributed by atoms with E-state index in [2.05, 4.69) is 19.9 Å². The fraction of sp³-hybridized carbons (Fsp3) is 0.